The van der Waals surface area contributed by atoms with Crippen LogP contribution in [-0.2, 0) is 11.0 Å². The van der Waals surface area contributed by atoms with Crippen LogP contribution in [0.5, 0.6) is 0 Å². The van der Waals surface area contributed by atoms with E-state index in [2.05, 4.69) is 29.1 Å². The fraction of sp³-hybridized carbons (Fsp3) is 0.208. The Balaban J connectivity index is 1.71. The van der Waals surface area contributed by atoms with Crippen LogP contribution in [0, 0.1) is 0 Å². The third-order valence-corrected chi connectivity index (χ3v) is 5.09. The summed E-state index contributed by atoms with van der Waals surface area (Å²) in [4.78, 5) is 21.4. The Bertz CT molecular complexity index is 1170. The Labute approximate surface area is 177 Å². The van der Waals surface area contributed by atoms with E-state index in [9.17, 15) is 18.0 Å². The van der Waals surface area contributed by atoms with Crippen LogP contribution < -0.4 is 5.32 Å². The number of halogens is 3. The zero-order chi connectivity index (χ0) is 22.2. The van der Waals surface area contributed by atoms with Crippen molar-refractivity contribution in [1.82, 2.24) is 4.98 Å². The first-order chi connectivity index (χ1) is 14.7. The second-order valence-electron chi connectivity index (χ2n) is 7.72. The van der Waals surface area contributed by atoms with Crippen LogP contribution in [0.15, 0.2) is 65.8 Å². The van der Waals surface area contributed by atoms with Gasteiger partial charge in [-0.05, 0) is 47.4 Å². The molecule has 1 aromatic heterocycles. The largest absolute Gasteiger partial charge is 0.416 e. The summed E-state index contributed by atoms with van der Waals surface area (Å²) >= 11 is 0. The van der Waals surface area contributed by atoms with E-state index in [0.717, 1.165) is 34.5 Å². The fourth-order valence-electron chi connectivity index (χ4n) is 3.40. The highest BCUT2D eigenvalue weighted by Gasteiger charge is 2.31. The first-order valence-corrected chi connectivity index (χ1v) is 9.86. The first kappa shape index (κ1) is 20.8. The molecule has 2 heterocycles. The van der Waals surface area contributed by atoms with Gasteiger partial charge in [-0.15, -0.1) is 0 Å². The van der Waals surface area contributed by atoms with Gasteiger partial charge in [0.25, 0.3) is 0 Å². The van der Waals surface area contributed by atoms with E-state index in [1.807, 2.05) is 42.6 Å². The molecular weight excluding hydrogens is 403 g/mol. The molecule has 1 aliphatic rings. The summed E-state index contributed by atoms with van der Waals surface area (Å²) in [5.74, 6) is -0.0812. The van der Waals surface area contributed by atoms with E-state index in [1.165, 1.54) is 6.07 Å². The molecular formula is C24H20F3N3O. The molecule has 0 radical (unpaired) electrons. The van der Waals surface area contributed by atoms with Crippen LogP contribution in [-0.4, -0.2) is 16.6 Å². The van der Waals surface area contributed by atoms with Gasteiger partial charge in [-0.1, -0.05) is 38.1 Å². The van der Waals surface area contributed by atoms with Crippen LogP contribution in [0.2, 0.25) is 0 Å². The number of alkyl halides is 3. The lowest BCUT2D eigenvalue weighted by Gasteiger charge is -2.10. The number of aliphatic imine (C=N–C) groups is 1. The normalized spacial score (nSPS) is 14.0. The van der Waals surface area contributed by atoms with Crippen molar-refractivity contribution in [3.8, 4) is 11.1 Å². The molecule has 158 valence electrons. The standard InChI is InChI=1S/C24H20F3N3O/c1-14(2)19-8-6-17(13-28-19)15-4-3-5-16(10-15)21-12-23(31)30-22-11-18(24(25,26)27)7-9-20(22)29-21/h3-11,13-14H,12H2,1-2H3,(H,30,31). The van der Waals surface area contributed by atoms with Crippen molar-refractivity contribution in [2.75, 3.05) is 5.32 Å². The highest BCUT2D eigenvalue weighted by Crippen LogP contribution is 2.36. The number of nitrogens with zero attached hydrogens (tertiary/aromatic N) is 2. The topological polar surface area (TPSA) is 54.4 Å². The number of carbonyl (C=O) groups excluding carboxylic acids is 1. The van der Waals surface area contributed by atoms with Crippen LogP contribution in [0.1, 0.15) is 43.0 Å². The SMILES string of the molecule is CC(C)c1ccc(-c2cccc(C3=Nc4ccc(C(F)(F)F)cc4NC(=O)C3)c2)cn1. The number of carbonyl (C=O) groups is 1. The van der Waals surface area contributed by atoms with Crippen molar-refractivity contribution in [3.63, 3.8) is 0 Å². The molecule has 0 spiro atoms. The van der Waals surface area contributed by atoms with Gasteiger partial charge in [0, 0.05) is 17.5 Å². The molecule has 0 fully saturated rings. The number of hydrogen-bond acceptors (Lipinski definition) is 3. The molecule has 1 aliphatic heterocycles. The average molecular weight is 423 g/mol. The molecule has 2 aromatic carbocycles. The predicted molar refractivity (Wildman–Crippen MR) is 115 cm³/mol. The van der Waals surface area contributed by atoms with Gasteiger partial charge in [0.15, 0.2) is 0 Å². The Morgan fingerprint density at radius 2 is 1.74 bits per heavy atom. The Morgan fingerprint density at radius 3 is 2.42 bits per heavy atom. The van der Waals surface area contributed by atoms with Gasteiger partial charge in [-0.3, -0.25) is 14.8 Å². The van der Waals surface area contributed by atoms with Crippen molar-refractivity contribution < 1.29 is 18.0 Å². The lowest BCUT2D eigenvalue weighted by Crippen LogP contribution is -2.15. The lowest BCUT2D eigenvalue weighted by atomic mass is 9.99. The molecule has 1 N–H and O–H groups in total. The summed E-state index contributed by atoms with van der Waals surface area (Å²) in [6.07, 6.45) is -2.72. The van der Waals surface area contributed by atoms with E-state index in [1.54, 1.807) is 0 Å². The Kier molecular flexibility index (Phi) is 5.35. The molecule has 31 heavy (non-hydrogen) atoms. The van der Waals surface area contributed by atoms with E-state index < -0.39 is 17.6 Å². The molecule has 0 unspecified atom stereocenters. The molecule has 4 rings (SSSR count). The van der Waals surface area contributed by atoms with E-state index in [0.29, 0.717) is 17.3 Å². The number of benzene rings is 2. The maximum atomic E-state index is 13.0. The summed E-state index contributed by atoms with van der Waals surface area (Å²) in [6, 6.07) is 14.7. The molecule has 0 aliphatic carbocycles. The molecule has 7 heteroatoms. The summed E-state index contributed by atoms with van der Waals surface area (Å²) in [5, 5.41) is 2.53. The predicted octanol–water partition coefficient (Wildman–Crippen LogP) is 6.35. The molecule has 1 amide bonds. The van der Waals surface area contributed by atoms with Crippen LogP contribution >= 0.6 is 0 Å². The van der Waals surface area contributed by atoms with E-state index >= 15 is 0 Å². The number of aromatic nitrogens is 1. The third kappa shape index (κ3) is 4.50. The zero-order valence-electron chi connectivity index (χ0n) is 17.0. The Hall–Kier alpha value is -3.48. The minimum Gasteiger partial charge on any atom is -0.324 e. The van der Waals surface area contributed by atoms with Crippen LogP contribution in [0.3, 0.4) is 0 Å². The average Bonchev–Trinajstić information content (AvgIpc) is 2.90. The van der Waals surface area contributed by atoms with Crippen LogP contribution in [0.25, 0.3) is 11.1 Å². The number of fused-ring (bicyclic) bond motifs is 1. The monoisotopic (exact) mass is 423 g/mol. The van der Waals surface area contributed by atoms with Gasteiger partial charge >= 0.3 is 6.18 Å². The minimum absolute atomic E-state index is 0.0377. The molecule has 0 bridgehead atoms. The van der Waals surface area contributed by atoms with Gasteiger partial charge in [0.1, 0.15) is 0 Å². The zero-order valence-corrected chi connectivity index (χ0v) is 17.0. The van der Waals surface area contributed by atoms with Crippen LogP contribution in [0.4, 0.5) is 24.5 Å². The summed E-state index contributed by atoms with van der Waals surface area (Å²) in [6.45, 7) is 4.15. The highest BCUT2D eigenvalue weighted by molar-refractivity contribution is 6.17. The fourth-order valence-corrected chi connectivity index (χ4v) is 3.40. The molecule has 0 atom stereocenters. The van der Waals surface area contributed by atoms with Gasteiger partial charge in [0.2, 0.25) is 5.91 Å². The lowest BCUT2D eigenvalue weighted by molar-refractivity contribution is -0.137. The second-order valence-corrected chi connectivity index (χ2v) is 7.72. The number of nitrogens with one attached hydrogen (secondary N) is 1. The second kappa shape index (κ2) is 7.98. The smallest absolute Gasteiger partial charge is 0.324 e. The van der Waals surface area contributed by atoms with Gasteiger partial charge < -0.3 is 5.32 Å². The summed E-state index contributed by atoms with van der Waals surface area (Å²) in [5.41, 5.74) is 3.59. The maximum absolute atomic E-state index is 13.0. The highest BCUT2D eigenvalue weighted by atomic mass is 19.4. The molecule has 3 aromatic rings. The van der Waals surface area contributed by atoms with E-state index in [-0.39, 0.29) is 12.1 Å². The summed E-state index contributed by atoms with van der Waals surface area (Å²) in [7, 11) is 0. The van der Waals surface area contributed by atoms with Crippen molar-refractivity contribution >= 4 is 23.0 Å². The number of rotatable bonds is 3. The van der Waals surface area contributed by atoms with Crippen molar-refractivity contribution in [1.29, 1.82) is 0 Å². The Morgan fingerprint density at radius 1 is 0.968 bits per heavy atom. The van der Waals surface area contributed by atoms with Gasteiger partial charge in [-0.2, -0.15) is 13.2 Å². The summed E-state index contributed by atoms with van der Waals surface area (Å²) < 4.78 is 39.1. The quantitative estimate of drug-likeness (QED) is 0.533. The molecule has 0 saturated heterocycles. The molecule has 0 saturated carbocycles. The first-order valence-electron chi connectivity index (χ1n) is 9.86. The third-order valence-electron chi connectivity index (χ3n) is 5.09. The van der Waals surface area contributed by atoms with Crippen molar-refractivity contribution in [3.05, 3.63) is 77.6 Å². The van der Waals surface area contributed by atoms with E-state index in [4.69, 9.17) is 0 Å². The minimum atomic E-state index is -4.49. The number of anilines is 1. The van der Waals surface area contributed by atoms with Gasteiger partial charge in [-0.25, -0.2) is 0 Å². The number of amides is 1. The number of pyridine rings is 1. The maximum Gasteiger partial charge on any atom is 0.416 e. The molecule has 4 nitrogen and oxygen atoms in total. The number of hydrogen-bond donors (Lipinski definition) is 1. The van der Waals surface area contributed by atoms with Gasteiger partial charge in [0.05, 0.1) is 29.1 Å². The van der Waals surface area contributed by atoms with Crippen molar-refractivity contribution in [2.45, 2.75) is 32.4 Å². The van der Waals surface area contributed by atoms with Crippen molar-refractivity contribution in [2.24, 2.45) is 4.99 Å².